The third-order valence-electron chi connectivity index (χ3n) is 2.81. The van der Waals surface area contributed by atoms with Crippen molar-refractivity contribution in [3.05, 3.63) is 40.1 Å². The van der Waals surface area contributed by atoms with E-state index in [-0.39, 0.29) is 5.91 Å². The first kappa shape index (κ1) is 14.3. The Hall–Kier alpha value is -2.10. The minimum Gasteiger partial charge on any atom is -0.337 e. The molecule has 0 aliphatic heterocycles. The highest BCUT2D eigenvalue weighted by atomic mass is 32.1. The van der Waals surface area contributed by atoms with Crippen molar-refractivity contribution in [2.24, 2.45) is 12.8 Å². The lowest BCUT2D eigenvalue weighted by atomic mass is 10.2. The number of hydrogen-bond donors (Lipinski definition) is 1. The minimum absolute atomic E-state index is 0.0370. The average Bonchev–Trinajstić information content (AvgIpc) is 3.05. The van der Waals surface area contributed by atoms with Crippen LogP contribution >= 0.6 is 11.3 Å². The average molecular weight is 288 g/mol. The largest absolute Gasteiger partial charge is 0.337 e. The number of nitrogens with two attached hydrogens (primary N) is 1. The normalized spacial score (nSPS) is 9.95. The zero-order valence-electron chi connectivity index (χ0n) is 11.5. The quantitative estimate of drug-likeness (QED) is 0.859. The van der Waals surface area contributed by atoms with Crippen molar-refractivity contribution in [1.82, 2.24) is 14.5 Å². The summed E-state index contributed by atoms with van der Waals surface area (Å²) in [5.74, 6) is 6.52. The van der Waals surface area contributed by atoms with E-state index in [0.29, 0.717) is 18.7 Å². The van der Waals surface area contributed by atoms with Gasteiger partial charge in [0.25, 0.3) is 5.91 Å². The summed E-state index contributed by atoms with van der Waals surface area (Å²) >= 11 is 1.45. The van der Waals surface area contributed by atoms with E-state index < -0.39 is 0 Å². The lowest BCUT2D eigenvalue weighted by molar-refractivity contribution is 0.0781. The number of carbonyl (C=O) groups is 1. The summed E-state index contributed by atoms with van der Waals surface area (Å²) in [6.07, 6.45) is 3.58. The molecule has 0 aliphatic carbocycles. The van der Waals surface area contributed by atoms with Gasteiger partial charge in [-0.2, -0.15) is 0 Å². The van der Waals surface area contributed by atoms with Crippen molar-refractivity contribution in [3.63, 3.8) is 0 Å². The lowest BCUT2D eigenvalue weighted by Crippen LogP contribution is -2.27. The van der Waals surface area contributed by atoms with Crippen LogP contribution in [-0.4, -0.2) is 34.0 Å². The predicted molar refractivity (Wildman–Crippen MR) is 79.3 cm³/mol. The fourth-order valence-corrected chi connectivity index (χ4v) is 2.45. The smallest absolute Gasteiger partial charge is 0.254 e. The first-order chi connectivity index (χ1) is 9.61. The van der Waals surface area contributed by atoms with Crippen LogP contribution in [0.5, 0.6) is 0 Å². The van der Waals surface area contributed by atoms with Crippen LogP contribution in [0.2, 0.25) is 0 Å². The van der Waals surface area contributed by atoms with Crippen molar-refractivity contribution < 1.29 is 4.79 Å². The van der Waals surface area contributed by atoms with Crippen LogP contribution in [0.25, 0.3) is 0 Å². The van der Waals surface area contributed by atoms with Crippen LogP contribution in [0.3, 0.4) is 0 Å². The van der Waals surface area contributed by atoms with Gasteiger partial charge in [-0.05, 0) is 6.07 Å². The zero-order valence-corrected chi connectivity index (χ0v) is 12.3. The number of rotatable bonds is 3. The molecule has 0 atom stereocenters. The molecule has 0 saturated carbocycles. The Morgan fingerprint density at radius 3 is 3.05 bits per heavy atom. The maximum Gasteiger partial charge on any atom is 0.254 e. The van der Waals surface area contributed by atoms with E-state index in [9.17, 15) is 4.79 Å². The van der Waals surface area contributed by atoms with Gasteiger partial charge in [-0.3, -0.25) is 4.79 Å². The van der Waals surface area contributed by atoms with Crippen LogP contribution in [0.15, 0.2) is 23.8 Å². The molecule has 20 heavy (non-hydrogen) atoms. The molecule has 0 saturated heterocycles. The number of imidazole rings is 1. The summed E-state index contributed by atoms with van der Waals surface area (Å²) in [6.45, 7) is 0.794. The fraction of sp³-hybridized carbons (Fsp3) is 0.286. The first-order valence-electron chi connectivity index (χ1n) is 6.11. The van der Waals surface area contributed by atoms with Gasteiger partial charge < -0.3 is 15.2 Å². The van der Waals surface area contributed by atoms with Crippen molar-refractivity contribution >= 4 is 17.2 Å². The van der Waals surface area contributed by atoms with E-state index in [2.05, 4.69) is 16.8 Å². The van der Waals surface area contributed by atoms with Gasteiger partial charge in [-0.1, -0.05) is 11.8 Å². The number of aryl methyl sites for hydroxylation is 1. The van der Waals surface area contributed by atoms with Gasteiger partial charge in [0.1, 0.15) is 5.82 Å². The molecule has 2 N–H and O–H groups in total. The Kier molecular flexibility index (Phi) is 4.56. The van der Waals surface area contributed by atoms with Crippen LogP contribution in [-0.2, 0) is 13.6 Å². The van der Waals surface area contributed by atoms with Gasteiger partial charge in [0.2, 0.25) is 0 Å². The Morgan fingerprint density at radius 1 is 1.60 bits per heavy atom. The number of carbonyl (C=O) groups excluding carboxylic acids is 1. The first-order valence-corrected chi connectivity index (χ1v) is 6.99. The third-order valence-corrected chi connectivity index (χ3v) is 3.65. The van der Waals surface area contributed by atoms with Gasteiger partial charge in [-0.25, -0.2) is 4.98 Å². The monoisotopic (exact) mass is 288 g/mol. The van der Waals surface area contributed by atoms with Gasteiger partial charge in [0.05, 0.1) is 23.5 Å². The Bertz CT molecular complexity index is 662. The molecule has 2 rings (SSSR count). The predicted octanol–water partition coefficient (Wildman–Crippen LogP) is 1.06. The fourth-order valence-electron chi connectivity index (χ4n) is 1.71. The molecule has 0 spiro atoms. The summed E-state index contributed by atoms with van der Waals surface area (Å²) in [6, 6.07) is 1.80. The molecule has 2 aromatic heterocycles. The van der Waals surface area contributed by atoms with E-state index in [0.717, 1.165) is 10.7 Å². The third kappa shape index (κ3) is 3.26. The summed E-state index contributed by atoms with van der Waals surface area (Å²) in [4.78, 5) is 19.0. The number of aromatic nitrogens is 2. The molecule has 1 amide bonds. The van der Waals surface area contributed by atoms with Crippen molar-refractivity contribution in [3.8, 4) is 11.8 Å². The summed E-state index contributed by atoms with van der Waals surface area (Å²) in [7, 11) is 3.67. The van der Waals surface area contributed by atoms with Crippen LogP contribution < -0.4 is 5.73 Å². The molecule has 0 aliphatic rings. The SMILES string of the molecule is CN(Cc1nccn1C)C(=O)c1csc(C#CCN)c1. The summed E-state index contributed by atoms with van der Waals surface area (Å²) < 4.78 is 1.90. The molecular formula is C14H16N4OS. The molecule has 0 fully saturated rings. The van der Waals surface area contributed by atoms with Crippen LogP contribution in [0.1, 0.15) is 21.1 Å². The van der Waals surface area contributed by atoms with Crippen molar-refractivity contribution in [1.29, 1.82) is 0 Å². The highest BCUT2D eigenvalue weighted by Gasteiger charge is 2.15. The van der Waals surface area contributed by atoms with E-state index in [1.165, 1.54) is 11.3 Å². The number of nitrogens with zero attached hydrogens (tertiary/aromatic N) is 3. The second kappa shape index (κ2) is 6.37. The Balaban J connectivity index is 2.07. The summed E-state index contributed by atoms with van der Waals surface area (Å²) in [5.41, 5.74) is 5.97. The van der Waals surface area contributed by atoms with E-state index >= 15 is 0 Å². The van der Waals surface area contributed by atoms with Crippen molar-refractivity contribution in [2.45, 2.75) is 6.54 Å². The Labute approximate surface area is 122 Å². The van der Waals surface area contributed by atoms with E-state index in [1.54, 1.807) is 24.2 Å². The molecule has 0 unspecified atom stereocenters. The molecule has 0 radical (unpaired) electrons. The molecule has 2 heterocycles. The number of hydrogen-bond acceptors (Lipinski definition) is 4. The maximum absolute atomic E-state index is 12.3. The number of amides is 1. The lowest BCUT2D eigenvalue weighted by Gasteiger charge is -2.15. The van der Waals surface area contributed by atoms with Crippen LogP contribution in [0, 0.1) is 11.8 Å². The minimum atomic E-state index is -0.0370. The Morgan fingerprint density at radius 2 is 2.40 bits per heavy atom. The number of thiophene rings is 1. The van der Waals surface area contributed by atoms with Gasteiger partial charge >= 0.3 is 0 Å². The van der Waals surface area contributed by atoms with Gasteiger partial charge in [-0.15, -0.1) is 11.3 Å². The van der Waals surface area contributed by atoms with E-state index in [4.69, 9.17) is 5.73 Å². The standard InChI is InChI=1S/C14H16N4OS/c1-17-7-6-16-13(17)9-18(2)14(19)11-8-12(20-10-11)4-3-5-15/h6-8,10H,5,9,15H2,1-2H3. The van der Waals surface area contributed by atoms with Gasteiger partial charge in [0, 0.05) is 31.9 Å². The highest BCUT2D eigenvalue weighted by Crippen LogP contribution is 2.16. The van der Waals surface area contributed by atoms with Crippen molar-refractivity contribution in [2.75, 3.05) is 13.6 Å². The van der Waals surface area contributed by atoms with Crippen LogP contribution in [0.4, 0.5) is 0 Å². The maximum atomic E-state index is 12.3. The molecule has 104 valence electrons. The second-order valence-electron chi connectivity index (χ2n) is 4.32. The topological polar surface area (TPSA) is 64.2 Å². The molecule has 6 heteroatoms. The molecule has 2 aromatic rings. The molecule has 0 aromatic carbocycles. The highest BCUT2D eigenvalue weighted by molar-refractivity contribution is 7.10. The molecule has 0 bridgehead atoms. The zero-order chi connectivity index (χ0) is 14.5. The second-order valence-corrected chi connectivity index (χ2v) is 5.23. The molecule has 5 nitrogen and oxygen atoms in total. The molecular weight excluding hydrogens is 272 g/mol. The van der Waals surface area contributed by atoms with Gasteiger partial charge in [0.15, 0.2) is 0 Å². The summed E-state index contributed by atoms with van der Waals surface area (Å²) in [5, 5.41) is 1.82. The van der Waals surface area contributed by atoms with E-state index in [1.807, 2.05) is 23.2 Å².